The lowest BCUT2D eigenvalue weighted by molar-refractivity contribution is -0.140. The van der Waals surface area contributed by atoms with Gasteiger partial charge in [-0.05, 0) is 56.6 Å². The molecule has 0 saturated carbocycles. The van der Waals surface area contributed by atoms with Crippen molar-refractivity contribution < 1.29 is 13.2 Å². The number of likely N-dealkylation sites (tertiary alicyclic amines) is 1. The number of pyridine rings is 2. The molecule has 1 aliphatic heterocycles. The van der Waals surface area contributed by atoms with Gasteiger partial charge >= 0.3 is 6.18 Å². The van der Waals surface area contributed by atoms with Crippen LogP contribution in [0.25, 0.3) is 10.9 Å². The molecule has 4 nitrogen and oxygen atoms in total. The zero-order chi connectivity index (χ0) is 17.2. The van der Waals surface area contributed by atoms with Crippen molar-refractivity contribution >= 4 is 16.7 Å². The Morgan fingerprint density at radius 2 is 1.96 bits per heavy atom. The summed E-state index contributed by atoms with van der Waals surface area (Å²) >= 11 is 0. The van der Waals surface area contributed by atoms with Crippen molar-refractivity contribution in [3.63, 3.8) is 0 Å². The maximum absolute atomic E-state index is 12.8. The molecule has 0 atom stereocenters. The van der Waals surface area contributed by atoms with Crippen molar-refractivity contribution in [2.45, 2.75) is 25.9 Å². The minimum atomic E-state index is -4.43. The zero-order valence-corrected chi connectivity index (χ0v) is 13.6. The quantitative estimate of drug-likeness (QED) is 0.921. The van der Waals surface area contributed by atoms with E-state index in [0.717, 1.165) is 45.1 Å². The number of nitrogens with one attached hydrogen (secondary N) is 1. The number of hydrogen-bond donors (Lipinski definition) is 1. The highest BCUT2D eigenvalue weighted by Crippen LogP contribution is 2.30. The summed E-state index contributed by atoms with van der Waals surface area (Å²) in [5, 5.41) is 3.92. The number of halogens is 3. The molecule has 130 valence electrons. The summed E-state index contributed by atoms with van der Waals surface area (Å²) in [7, 11) is 0. The molecule has 1 saturated heterocycles. The van der Waals surface area contributed by atoms with Crippen molar-refractivity contribution in [1.82, 2.24) is 14.9 Å². The molecule has 3 rings (SSSR count). The van der Waals surface area contributed by atoms with E-state index in [1.54, 1.807) is 0 Å². The summed E-state index contributed by atoms with van der Waals surface area (Å²) in [6, 6.07) is 3.96. The van der Waals surface area contributed by atoms with E-state index in [0.29, 0.717) is 22.6 Å². The number of alkyl halides is 3. The maximum atomic E-state index is 12.8. The van der Waals surface area contributed by atoms with Crippen molar-refractivity contribution in [3.05, 3.63) is 30.1 Å². The Morgan fingerprint density at radius 1 is 1.21 bits per heavy atom. The highest BCUT2D eigenvalue weighted by atomic mass is 19.4. The number of nitrogens with zero attached hydrogens (tertiary/aromatic N) is 3. The number of aromatic nitrogens is 2. The third kappa shape index (κ3) is 3.77. The first-order chi connectivity index (χ1) is 11.5. The topological polar surface area (TPSA) is 41.0 Å². The molecule has 0 amide bonds. The molecule has 1 fully saturated rings. The number of rotatable bonds is 4. The number of hydrogen-bond acceptors (Lipinski definition) is 4. The third-order valence-electron chi connectivity index (χ3n) is 4.62. The summed E-state index contributed by atoms with van der Waals surface area (Å²) < 4.78 is 38.3. The molecule has 2 aromatic heterocycles. The van der Waals surface area contributed by atoms with Gasteiger partial charge in [-0.25, -0.2) is 9.97 Å². The first-order valence-electron chi connectivity index (χ1n) is 8.26. The number of fused-ring (bicyclic) bond motifs is 1. The fourth-order valence-corrected chi connectivity index (χ4v) is 3.10. The zero-order valence-electron chi connectivity index (χ0n) is 13.6. The predicted octanol–water partition coefficient (Wildman–Crippen LogP) is 3.79. The highest BCUT2D eigenvalue weighted by Gasteiger charge is 2.32. The Labute approximate surface area is 139 Å². The van der Waals surface area contributed by atoms with Gasteiger partial charge in [0.1, 0.15) is 11.5 Å². The van der Waals surface area contributed by atoms with E-state index in [-0.39, 0.29) is 0 Å². The molecule has 3 heterocycles. The maximum Gasteiger partial charge on any atom is 0.433 e. The van der Waals surface area contributed by atoms with Gasteiger partial charge < -0.3 is 10.2 Å². The summed E-state index contributed by atoms with van der Waals surface area (Å²) in [6.07, 6.45) is -0.681. The van der Waals surface area contributed by atoms with Crippen LogP contribution in [-0.4, -0.2) is 41.0 Å². The minimum absolute atomic E-state index is 0.308. The lowest BCUT2D eigenvalue weighted by Crippen LogP contribution is -2.35. The van der Waals surface area contributed by atoms with Crippen LogP contribution in [-0.2, 0) is 6.18 Å². The molecule has 0 aliphatic carbocycles. The van der Waals surface area contributed by atoms with Crippen molar-refractivity contribution in [1.29, 1.82) is 0 Å². The minimum Gasteiger partial charge on any atom is -0.369 e. The lowest BCUT2D eigenvalue weighted by atomic mass is 9.97. The second kappa shape index (κ2) is 6.93. The van der Waals surface area contributed by atoms with Crippen molar-refractivity contribution in [2.24, 2.45) is 5.92 Å². The van der Waals surface area contributed by atoms with Crippen LogP contribution in [0.1, 0.15) is 25.5 Å². The van der Waals surface area contributed by atoms with Gasteiger partial charge in [-0.2, -0.15) is 13.2 Å². The van der Waals surface area contributed by atoms with Gasteiger partial charge in [0.05, 0.1) is 5.52 Å². The fourth-order valence-electron chi connectivity index (χ4n) is 3.10. The van der Waals surface area contributed by atoms with Gasteiger partial charge in [0.25, 0.3) is 0 Å². The van der Waals surface area contributed by atoms with Crippen LogP contribution in [0.2, 0.25) is 0 Å². The molecule has 0 radical (unpaired) electrons. The van der Waals surface area contributed by atoms with E-state index >= 15 is 0 Å². The second-order valence-corrected chi connectivity index (χ2v) is 6.18. The molecule has 2 aromatic rings. The van der Waals surface area contributed by atoms with Crippen LogP contribution in [0.5, 0.6) is 0 Å². The molecule has 0 aromatic carbocycles. The molecule has 0 spiro atoms. The molecular formula is C17H21F3N4. The average molecular weight is 338 g/mol. The molecule has 7 heteroatoms. The van der Waals surface area contributed by atoms with Crippen LogP contribution in [0, 0.1) is 5.92 Å². The average Bonchev–Trinajstić information content (AvgIpc) is 2.59. The molecule has 24 heavy (non-hydrogen) atoms. The molecule has 1 aliphatic rings. The monoisotopic (exact) mass is 338 g/mol. The fraction of sp³-hybridized carbons (Fsp3) is 0.529. The van der Waals surface area contributed by atoms with Crippen LogP contribution >= 0.6 is 0 Å². The molecular weight excluding hydrogens is 317 g/mol. The van der Waals surface area contributed by atoms with Gasteiger partial charge in [-0.15, -0.1) is 0 Å². The normalized spacial score (nSPS) is 17.3. The van der Waals surface area contributed by atoms with Crippen LogP contribution in [0.3, 0.4) is 0 Å². The number of anilines is 1. The Morgan fingerprint density at radius 3 is 2.62 bits per heavy atom. The van der Waals surface area contributed by atoms with Gasteiger partial charge in [-0.3, -0.25) is 0 Å². The molecule has 0 bridgehead atoms. The van der Waals surface area contributed by atoms with Gasteiger partial charge in [-0.1, -0.05) is 6.92 Å². The summed E-state index contributed by atoms with van der Waals surface area (Å²) in [6.45, 7) is 6.23. The van der Waals surface area contributed by atoms with E-state index in [4.69, 9.17) is 0 Å². The van der Waals surface area contributed by atoms with Crippen LogP contribution < -0.4 is 5.32 Å². The first kappa shape index (κ1) is 17.0. The van der Waals surface area contributed by atoms with Crippen molar-refractivity contribution in [3.8, 4) is 0 Å². The van der Waals surface area contributed by atoms with Gasteiger partial charge in [0.15, 0.2) is 0 Å². The second-order valence-electron chi connectivity index (χ2n) is 6.18. The predicted molar refractivity (Wildman–Crippen MR) is 87.9 cm³/mol. The summed E-state index contributed by atoms with van der Waals surface area (Å²) in [4.78, 5) is 10.4. The number of piperidine rings is 1. The van der Waals surface area contributed by atoms with E-state index in [9.17, 15) is 13.2 Å². The summed E-state index contributed by atoms with van der Waals surface area (Å²) in [5.41, 5.74) is -0.567. The Balaban J connectivity index is 1.71. The highest BCUT2D eigenvalue weighted by molar-refractivity contribution is 5.89. The Hall–Kier alpha value is -1.89. The Kier molecular flexibility index (Phi) is 4.89. The SMILES string of the molecule is CCN1CCC(CNc2nccc3nc(C(F)(F)F)ccc23)CC1. The standard InChI is InChI=1S/C17H21F3N4/c1-2-24-9-6-12(7-10-24)11-22-16-13-3-4-15(17(18,19)20)23-14(13)5-8-21-16/h3-5,8,12H,2,6-7,9-11H2,1H3,(H,21,22). The first-order valence-corrected chi connectivity index (χ1v) is 8.26. The molecule has 1 N–H and O–H groups in total. The largest absolute Gasteiger partial charge is 0.433 e. The lowest BCUT2D eigenvalue weighted by Gasteiger charge is -2.31. The smallest absolute Gasteiger partial charge is 0.369 e. The van der Waals surface area contributed by atoms with Crippen LogP contribution in [0.15, 0.2) is 24.4 Å². The summed E-state index contributed by atoms with van der Waals surface area (Å²) in [5.74, 6) is 1.17. The van der Waals surface area contributed by atoms with E-state index in [1.807, 2.05) is 0 Å². The van der Waals surface area contributed by atoms with Crippen LogP contribution in [0.4, 0.5) is 19.0 Å². The van der Waals surface area contributed by atoms with Gasteiger partial charge in [0, 0.05) is 18.1 Å². The van der Waals surface area contributed by atoms with Crippen molar-refractivity contribution in [2.75, 3.05) is 31.5 Å². The Bertz CT molecular complexity index is 694. The van der Waals surface area contributed by atoms with Gasteiger partial charge in [0.2, 0.25) is 0 Å². The van der Waals surface area contributed by atoms with E-state index in [2.05, 4.69) is 27.1 Å². The van der Waals surface area contributed by atoms with E-state index in [1.165, 1.54) is 18.3 Å². The van der Waals surface area contributed by atoms with E-state index < -0.39 is 11.9 Å². The third-order valence-corrected chi connectivity index (χ3v) is 4.62. The molecule has 0 unspecified atom stereocenters.